The Balaban J connectivity index is 1.82. The molecule has 0 radical (unpaired) electrons. The molecule has 2 amide bonds. The van der Waals surface area contributed by atoms with Crippen LogP contribution in [0.3, 0.4) is 0 Å². The van der Waals surface area contributed by atoms with Crippen LogP contribution in [0.25, 0.3) is 0 Å². The van der Waals surface area contributed by atoms with Gasteiger partial charge in [-0.25, -0.2) is 0 Å². The van der Waals surface area contributed by atoms with E-state index >= 15 is 0 Å². The van der Waals surface area contributed by atoms with E-state index in [2.05, 4.69) is 5.32 Å². The van der Waals surface area contributed by atoms with Crippen molar-refractivity contribution in [1.82, 2.24) is 10.2 Å². The van der Waals surface area contributed by atoms with Crippen LogP contribution in [-0.4, -0.2) is 28.8 Å². The third kappa shape index (κ3) is 6.54. The van der Waals surface area contributed by atoms with Gasteiger partial charge in [0.1, 0.15) is 6.04 Å². The number of benzene rings is 2. The standard InChI is InChI=1S/C24H26Cl4N2O2/c1-15(24(32)29-17-6-3-2-4-7-17)30(14-18-19(25)8-5-9-20(18)26)23(31)13-16-10-11-21(27)22(28)12-16/h5,8-12,15,17H,2-4,6-7,13-14H2,1H3,(H,29,32)/t15-/m1/s1. The van der Waals surface area contributed by atoms with Crippen molar-refractivity contribution in [3.8, 4) is 0 Å². The maximum Gasteiger partial charge on any atom is 0.242 e. The van der Waals surface area contributed by atoms with Crippen molar-refractivity contribution in [3.05, 3.63) is 67.6 Å². The smallest absolute Gasteiger partial charge is 0.242 e. The Kier molecular flexibility index (Phi) is 9.13. The van der Waals surface area contributed by atoms with E-state index in [1.165, 1.54) is 11.3 Å². The molecule has 1 N–H and O–H groups in total. The second-order valence-corrected chi connectivity index (χ2v) is 9.80. The van der Waals surface area contributed by atoms with Crippen molar-refractivity contribution < 1.29 is 9.59 Å². The summed E-state index contributed by atoms with van der Waals surface area (Å²) in [7, 11) is 0. The number of carbonyl (C=O) groups excluding carboxylic acids is 2. The number of nitrogens with one attached hydrogen (secondary N) is 1. The Hall–Kier alpha value is -1.46. The molecule has 0 saturated heterocycles. The molecule has 0 bridgehead atoms. The van der Waals surface area contributed by atoms with Crippen LogP contribution in [0.5, 0.6) is 0 Å². The zero-order chi connectivity index (χ0) is 23.3. The van der Waals surface area contributed by atoms with E-state index < -0.39 is 6.04 Å². The van der Waals surface area contributed by atoms with Gasteiger partial charge in [0.25, 0.3) is 0 Å². The molecule has 0 spiro atoms. The van der Waals surface area contributed by atoms with Gasteiger partial charge in [0.15, 0.2) is 0 Å². The van der Waals surface area contributed by atoms with E-state index in [1.54, 1.807) is 43.3 Å². The summed E-state index contributed by atoms with van der Waals surface area (Å²) in [4.78, 5) is 27.9. The van der Waals surface area contributed by atoms with E-state index in [9.17, 15) is 9.59 Å². The molecule has 2 aromatic carbocycles. The summed E-state index contributed by atoms with van der Waals surface area (Å²) in [6, 6.07) is 9.70. The first kappa shape index (κ1) is 25.2. The van der Waals surface area contributed by atoms with Gasteiger partial charge in [0.05, 0.1) is 16.5 Å². The van der Waals surface area contributed by atoms with E-state index in [-0.39, 0.29) is 30.8 Å². The Labute approximate surface area is 209 Å². The predicted molar refractivity (Wildman–Crippen MR) is 132 cm³/mol. The highest BCUT2D eigenvalue weighted by Gasteiger charge is 2.29. The van der Waals surface area contributed by atoms with Crippen LogP contribution in [0.1, 0.15) is 50.2 Å². The Bertz CT molecular complexity index is 956. The molecule has 2 aromatic rings. The predicted octanol–water partition coefficient (Wildman–Crippen LogP) is 6.71. The lowest BCUT2D eigenvalue weighted by Gasteiger charge is -2.31. The first-order valence-electron chi connectivity index (χ1n) is 10.7. The number of carbonyl (C=O) groups is 2. The van der Waals surface area contributed by atoms with Crippen LogP contribution in [0.2, 0.25) is 20.1 Å². The SMILES string of the molecule is C[C@H](C(=O)NC1CCCCC1)N(Cc1c(Cl)cccc1Cl)C(=O)Cc1ccc(Cl)c(Cl)c1. The lowest BCUT2D eigenvalue weighted by atomic mass is 9.95. The molecule has 1 aliphatic carbocycles. The van der Waals surface area contributed by atoms with Crippen LogP contribution in [0.15, 0.2) is 36.4 Å². The largest absolute Gasteiger partial charge is 0.352 e. The van der Waals surface area contributed by atoms with Gasteiger partial charge in [-0.1, -0.05) is 77.8 Å². The van der Waals surface area contributed by atoms with Crippen LogP contribution in [-0.2, 0) is 22.6 Å². The minimum absolute atomic E-state index is 0.0695. The molecule has 1 atom stereocenters. The van der Waals surface area contributed by atoms with Gasteiger partial charge in [0.2, 0.25) is 11.8 Å². The van der Waals surface area contributed by atoms with E-state index in [0.717, 1.165) is 25.7 Å². The molecule has 172 valence electrons. The fraction of sp³-hybridized carbons (Fsp3) is 0.417. The topological polar surface area (TPSA) is 49.4 Å². The van der Waals surface area contributed by atoms with E-state index in [4.69, 9.17) is 46.4 Å². The van der Waals surface area contributed by atoms with Crippen LogP contribution in [0.4, 0.5) is 0 Å². The molecule has 1 saturated carbocycles. The van der Waals surface area contributed by atoms with Crippen molar-refractivity contribution in [1.29, 1.82) is 0 Å². The number of hydrogen-bond acceptors (Lipinski definition) is 2. The normalized spacial score (nSPS) is 15.3. The minimum atomic E-state index is -0.695. The number of rotatable bonds is 7. The summed E-state index contributed by atoms with van der Waals surface area (Å²) in [5, 5.41) is 4.80. The second-order valence-electron chi connectivity index (χ2n) is 8.17. The molecule has 4 nitrogen and oxygen atoms in total. The van der Waals surface area contributed by atoms with Gasteiger partial charge in [-0.2, -0.15) is 0 Å². The first-order valence-corrected chi connectivity index (χ1v) is 12.2. The summed E-state index contributed by atoms with van der Waals surface area (Å²) >= 11 is 24.8. The van der Waals surface area contributed by atoms with Crippen molar-refractivity contribution in [2.45, 2.75) is 64.1 Å². The Morgan fingerprint density at radius 3 is 2.25 bits per heavy atom. The van der Waals surface area contributed by atoms with Gasteiger partial charge in [-0.3, -0.25) is 9.59 Å². The summed E-state index contributed by atoms with van der Waals surface area (Å²) in [6.07, 6.45) is 5.41. The number of amides is 2. The quantitative estimate of drug-likeness (QED) is 0.445. The summed E-state index contributed by atoms with van der Waals surface area (Å²) < 4.78 is 0. The summed E-state index contributed by atoms with van der Waals surface area (Å²) in [5.74, 6) is -0.409. The van der Waals surface area contributed by atoms with Crippen molar-refractivity contribution in [2.75, 3.05) is 0 Å². The summed E-state index contributed by atoms with van der Waals surface area (Å²) in [5.41, 5.74) is 1.31. The fourth-order valence-electron chi connectivity index (χ4n) is 3.93. The zero-order valence-electron chi connectivity index (χ0n) is 17.8. The third-order valence-corrected chi connectivity index (χ3v) is 7.30. The van der Waals surface area contributed by atoms with E-state index in [1.807, 2.05) is 0 Å². The molecule has 0 aliphatic heterocycles. The molecular formula is C24H26Cl4N2O2. The molecule has 0 aromatic heterocycles. The average molecular weight is 516 g/mol. The van der Waals surface area contributed by atoms with Crippen LogP contribution in [0, 0.1) is 0 Å². The minimum Gasteiger partial charge on any atom is -0.352 e. The maximum absolute atomic E-state index is 13.4. The van der Waals surface area contributed by atoms with Gasteiger partial charge in [-0.05, 0) is 49.6 Å². The molecule has 8 heteroatoms. The third-order valence-electron chi connectivity index (χ3n) is 5.85. The lowest BCUT2D eigenvalue weighted by Crippen LogP contribution is -2.50. The first-order chi connectivity index (χ1) is 15.3. The number of halogens is 4. The van der Waals surface area contributed by atoms with Crippen LogP contribution >= 0.6 is 46.4 Å². The van der Waals surface area contributed by atoms with E-state index in [0.29, 0.717) is 31.2 Å². The molecule has 3 rings (SSSR count). The molecule has 0 heterocycles. The number of nitrogens with zero attached hydrogens (tertiary/aromatic N) is 1. The summed E-state index contributed by atoms with van der Waals surface area (Å²) in [6.45, 7) is 1.85. The second kappa shape index (κ2) is 11.6. The molecular weight excluding hydrogens is 490 g/mol. The van der Waals surface area contributed by atoms with Crippen molar-refractivity contribution in [3.63, 3.8) is 0 Å². The highest BCUT2D eigenvalue weighted by molar-refractivity contribution is 6.42. The Morgan fingerprint density at radius 2 is 1.62 bits per heavy atom. The van der Waals surface area contributed by atoms with Gasteiger partial charge < -0.3 is 10.2 Å². The average Bonchev–Trinajstić information content (AvgIpc) is 2.76. The molecule has 0 unspecified atom stereocenters. The lowest BCUT2D eigenvalue weighted by molar-refractivity contribution is -0.140. The number of hydrogen-bond donors (Lipinski definition) is 1. The van der Waals surface area contributed by atoms with Gasteiger partial charge in [0, 0.05) is 28.2 Å². The molecule has 32 heavy (non-hydrogen) atoms. The molecule has 1 aliphatic rings. The fourth-order valence-corrected chi connectivity index (χ4v) is 4.77. The Morgan fingerprint density at radius 1 is 0.969 bits per heavy atom. The van der Waals surface area contributed by atoms with Crippen molar-refractivity contribution in [2.24, 2.45) is 0 Å². The highest BCUT2D eigenvalue weighted by Crippen LogP contribution is 2.28. The zero-order valence-corrected chi connectivity index (χ0v) is 20.9. The van der Waals surface area contributed by atoms with Gasteiger partial charge >= 0.3 is 0 Å². The monoisotopic (exact) mass is 514 g/mol. The highest BCUT2D eigenvalue weighted by atomic mass is 35.5. The van der Waals surface area contributed by atoms with Crippen LogP contribution < -0.4 is 5.32 Å². The van der Waals surface area contributed by atoms with Gasteiger partial charge in [-0.15, -0.1) is 0 Å². The van der Waals surface area contributed by atoms with Crippen molar-refractivity contribution >= 4 is 58.2 Å². The molecule has 1 fully saturated rings. The maximum atomic E-state index is 13.4.